The summed E-state index contributed by atoms with van der Waals surface area (Å²) in [6.45, 7) is 1.58. The van der Waals surface area contributed by atoms with Crippen molar-refractivity contribution in [2.75, 3.05) is 25.5 Å². The molecule has 1 aromatic heterocycles. The largest absolute Gasteiger partial charge is 0.497 e. The zero-order valence-electron chi connectivity index (χ0n) is 14.2. The minimum absolute atomic E-state index is 0.0390. The van der Waals surface area contributed by atoms with Gasteiger partial charge >= 0.3 is 6.03 Å². The van der Waals surface area contributed by atoms with Gasteiger partial charge < -0.3 is 15.0 Å². The molecule has 1 aliphatic heterocycles. The van der Waals surface area contributed by atoms with Crippen molar-refractivity contribution >= 4 is 11.7 Å². The standard InChI is InChI=1S/C18H24N4O2/c1-21-13-16(12-19-21)20-18(23)22-8-6-14(7-9-22)10-15-4-3-5-17(11-15)24-2/h3-5,11-14H,6-10H2,1-2H3,(H,20,23). The summed E-state index contributed by atoms with van der Waals surface area (Å²) in [6, 6.07) is 8.20. The summed E-state index contributed by atoms with van der Waals surface area (Å²) < 4.78 is 6.96. The van der Waals surface area contributed by atoms with Crippen LogP contribution >= 0.6 is 0 Å². The fourth-order valence-corrected chi connectivity index (χ4v) is 3.16. The van der Waals surface area contributed by atoms with Gasteiger partial charge in [0.05, 0.1) is 19.0 Å². The Labute approximate surface area is 142 Å². The molecule has 2 amide bonds. The lowest BCUT2D eigenvalue weighted by molar-refractivity contribution is 0.182. The molecule has 2 heterocycles. The van der Waals surface area contributed by atoms with Gasteiger partial charge in [-0.05, 0) is 42.9 Å². The van der Waals surface area contributed by atoms with Crippen molar-refractivity contribution in [1.29, 1.82) is 0 Å². The molecule has 1 saturated heterocycles. The van der Waals surface area contributed by atoms with Crippen molar-refractivity contribution in [3.63, 3.8) is 0 Å². The molecule has 0 saturated carbocycles. The fourth-order valence-electron chi connectivity index (χ4n) is 3.16. The minimum Gasteiger partial charge on any atom is -0.497 e. The number of carbonyl (C=O) groups excluding carboxylic acids is 1. The molecule has 1 aromatic carbocycles. The second-order valence-electron chi connectivity index (χ2n) is 6.32. The molecule has 6 heteroatoms. The normalized spacial score (nSPS) is 15.3. The van der Waals surface area contributed by atoms with Gasteiger partial charge in [-0.2, -0.15) is 5.10 Å². The fraction of sp³-hybridized carbons (Fsp3) is 0.444. The van der Waals surface area contributed by atoms with Gasteiger partial charge in [0.2, 0.25) is 0 Å². The highest BCUT2D eigenvalue weighted by molar-refractivity contribution is 5.89. The molecule has 0 atom stereocenters. The van der Waals surface area contributed by atoms with E-state index in [4.69, 9.17) is 4.74 Å². The molecular formula is C18H24N4O2. The van der Waals surface area contributed by atoms with Crippen molar-refractivity contribution < 1.29 is 9.53 Å². The van der Waals surface area contributed by atoms with Crippen LogP contribution in [0.1, 0.15) is 18.4 Å². The predicted molar refractivity (Wildman–Crippen MR) is 93.2 cm³/mol. The number of hydrogen-bond acceptors (Lipinski definition) is 3. The van der Waals surface area contributed by atoms with E-state index >= 15 is 0 Å². The van der Waals surface area contributed by atoms with E-state index in [-0.39, 0.29) is 6.03 Å². The van der Waals surface area contributed by atoms with Crippen LogP contribution in [0.4, 0.5) is 10.5 Å². The van der Waals surface area contributed by atoms with Crippen LogP contribution in [0.3, 0.4) is 0 Å². The lowest BCUT2D eigenvalue weighted by Crippen LogP contribution is -2.41. The average Bonchev–Trinajstić information content (AvgIpc) is 3.00. The van der Waals surface area contributed by atoms with E-state index in [0.717, 1.165) is 43.8 Å². The van der Waals surface area contributed by atoms with Crippen LogP contribution in [-0.4, -0.2) is 40.9 Å². The van der Waals surface area contributed by atoms with E-state index in [1.807, 2.05) is 24.1 Å². The van der Waals surface area contributed by atoms with Gasteiger partial charge in [-0.15, -0.1) is 0 Å². The maximum absolute atomic E-state index is 12.3. The van der Waals surface area contributed by atoms with Crippen LogP contribution in [0.5, 0.6) is 5.75 Å². The number of anilines is 1. The van der Waals surface area contributed by atoms with Crippen molar-refractivity contribution in [3.8, 4) is 5.75 Å². The number of nitrogens with one attached hydrogen (secondary N) is 1. The maximum atomic E-state index is 12.3. The van der Waals surface area contributed by atoms with Crippen LogP contribution in [-0.2, 0) is 13.5 Å². The summed E-state index contributed by atoms with van der Waals surface area (Å²) in [5, 5.41) is 6.96. The van der Waals surface area contributed by atoms with E-state index in [0.29, 0.717) is 5.92 Å². The van der Waals surface area contributed by atoms with Gasteiger partial charge in [-0.25, -0.2) is 4.79 Å². The Hall–Kier alpha value is -2.50. The molecule has 0 unspecified atom stereocenters. The van der Waals surface area contributed by atoms with Gasteiger partial charge in [-0.1, -0.05) is 12.1 Å². The van der Waals surface area contributed by atoms with Gasteiger partial charge in [0.25, 0.3) is 0 Å². The summed E-state index contributed by atoms with van der Waals surface area (Å²) in [6.07, 6.45) is 6.55. The van der Waals surface area contributed by atoms with Crippen molar-refractivity contribution in [2.45, 2.75) is 19.3 Å². The van der Waals surface area contributed by atoms with E-state index in [1.165, 1.54) is 5.56 Å². The molecule has 0 radical (unpaired) electrons. The second-order valence-corrected chi connectivity index (χ2v) is 6.32. The molecule has 24 heavy (non-hydrogen) atoms. The summed E-state index contributed by atoms with van der Waals surface area (Å²) in [4.78, 5) is 14.2. The smallest absolute Gasteiger partial charge is 0.321 e. The predicted octanol–water partition coefficient (Wildman–Crippen LogP) is 2.92. The van der Waals surface area contributed by atoms with E-state index in [2.05, 4.69) is 22.5 Å². The molecule has 6 nitrogen and oxygen atoms in total. The highest BCUT2D eigenvalue weighted by atomic mass is 16.5. The van der Waals surface area contributed by atoms with Crippen molar-refractivity contribution in [1.82, 2.24) is 14.7 Å². The Morgan fingerprint density at radius 3 is 2.83 bits per heavy atom. The van der Waals surface area contributed by atoms with Crippen molar-refractivity contribution in [2.24, 2.45) is 13.0 Å². The van der Waals surface area contributed by atoms with E-state index < -0.39 is 0 Å². The van der Waals surface area contributed by atoms with Gasteiger partial charge in [0.15, 0.2) is 0 Å². The number of piperidine rings is 1. The highest BCUT2D eigenvalue weighted by Gasteiger charge is 2.23. The number of hydrogen-bond donors (Lipinski definition) is 1. The summed E-state index contributed by atoms with van der Waals surface area (Å²) in [5.41, 5.74) is 2.04. The molecular weight excluding hydrogens is 304 g/mol. The Morgan fingerprint density at radius 1 is 1.38 bits per heavy atom. The van der Waals surface area contributed by atoms with E-state index in [9.17, 15) is 4.79 Å². The third-order valence-electron chi connectivity index (χ3n) is 4.52. The number of methoxy groups -OCH3 is 1. The number of likely N-dealkylation sites (tertiary alicyclic amines) is 1. The number of rotatable bonds is 4. The number of aromatic nitrogens is 2. The topological polar surface area (TPSA) is 59.4 Å². The lowest BCUT2D eigenvalue weighted by Gasteiger charge is -2.32. The van der Waals surface area contributed by atoms with Crippen LogP contribution in [0.25, 0.3) is 0 Å². The monoisotopic (exact) mass is 328 g/mol. The van der Waals surface area contributed by atoms with Crippen LogP contribution in [0.2, 0.25) is 0 Å². The molecule has 1 fully saturated rings. The average molecular weight is 328 g/mol. The number of nitrogens with zero attached hydrogens (tertiary/aromatic N) is 3. The Kier molecular flexibility index (Phi) is 5.03. The summed E-state index contributed by atoms with van der Waals surface area (Å²) >= 11 is 0. The quantitative estimate of drug-likeness (QED) is 0.939. The zero-order valence-corrected chi connectivity index (χ0v) is 14.2. The van der Waals surface area contributed by atoms with E-state index in [1.54, 1.807) is 24.2 Å². The first-order valence-corrected chi connectivity index (χ1v) is 8.31. The number of amides is 2. The third-order valence-corrected chi connectivity index (χ3v) is 4.52. The Balaban J connectivity index is 1.49. The highest BCUT2D eigenvalue weighted by Crippen LogP contribution is 2.24. The molecule has 2 aromatic rings. The van der Waals surface area contributed by atoms with Gasteiger partial charge in [0.1, 0.15) is 5.75 Å². The zero-order chi connectivity index (χ0) is 16.9. The summed E-state index contributed by atoms with van der Waals surface area (Å²) in [5.74, 6) is 1.51. The van der Waals surface area contributed by atoms with Crippen LogP contribution in [0.15, 0.2) is 36.7 Å². The van der Waals surface area contributed by atoms with Gasteiger partial charge in [0, 0.05) is 26.3 Å². The molecule has 3 rings (SSSR count). The molecule has 1 N–H and O–H groups in total. The minimum atomic E-state index is -0.0390. The maximum Gasteiger partial charge on any atom is 0.321 e. The van der Waals surface area contributed by atoms with Crippen LogP contribution in [0, 0.1) is 5.92 Å². The molecule has 0 spiro atoms. The number of benzene rings is 1. The van der Waals surface area contributed by atoms with Crippen LogP contribution < -0.4 is 10.1 Å². The number of ether oxygens (including phenoxy) is 1. The lowest BCUT2D eigenvalue weighted by atomic mass is 9.90. The van der Waals surface area contributed by atoms with Crippen molar-refractivity contribution in [3.05, 3.63) is 42.2 Å². The molecule has 128 valence electrons. The number of aryl methyl sites for hydroxylation is 1. The molecule has 1 aliphatic rings. The second kappa shape index (κ2) is 7.38. The summed E-state index contributed by atoms with van der Waals surface area (Å²) in [7, 11) is 3.53. The molecule has 0 bridgehead atoms. The number of urea groups is 1. The molecule has 0 aliphatic carbocycles. The first-order chi connectivity index (χ1) is 11.6. The third kappa shape index (κ3) is 4.07. The first-order valence-electron chi connectivity index (χ1n) is 8.31. The Bertz CT molecular complexity index is 690. The van der Waals surface area contributed by atoms with Gasteiger partial charge in [-0.3, -0.25) is 4.68 Å². The first kappa shape index (κ1) is 16.4. The Morgan fingerprint density at radius 2 is 2.17 bits per heavy atom. The number of carbonyl (C=O) groups is 1. The SMILES string of the molecule is COc1cccc(CC2CCN(C(=O)Nc3cnn(C)c3)CC2)c1.